The average Bonchev–Trinajstić information content (AvgIpc) is 3.25. The summed E-state index contributed by atoms with van der Waals surface area (Å²) >= 11 is 0. The third-order valence-electron chi connectivity index (χ3n) is 5.35. The van der Waals surface area contributed by atoms with Crippen LogP contribution in [0, 0.1) is 11.7 Å². The summed E-state index contributed by atoms with van der Waals surface area (Å²) in [6, 6.07) is 16.7. The number of hydrogen-bond acceptors (Lipinski definition) is 4. The molecule has 2 heterocycles. The fourth-order valence-electron chi connectivity index (χ4n) is 3.67. The SMILES string of the molecule is NC(=O)C1CCN(c2ccccc2NC(=O)c2ccc(-c3ccc(F)cc3)o2)CC1. The number of carbonyl (C=O) groups excluding carboxylic acids is 2. The van der Waals surface area contributed by atoms with Gasteiger partial charge >= 0.3 is 0 Å². The van der Waals surface area contributed by atoms with Gasteiger partial charge in [-0.3, -0.25) is 9.59 Å². The number of nitrogens with one attached hydrogen (secondary N) is 1. The molecule has 7 heteroatoms. The smallest absolute Gasteiger partial charge is 0.291 e. The Kier molecular flexibility index (Phi) is 5.52. The lowest BCUT2D eigenvalue weighted by molar-refractivity contribution is -0.122. The number of benzene rings is 2. The van der Waals surface area contributed by atoms with Gasteiger partial charge in [0.05, 0.1) is 11.4 Å². The lowest BCUT2D eigenvalue weighted by Gasteiger charge is -2.33. The number of piperidine rings is 1. The van der Waals surface area contributed by atoms with Crippen molar-refractivity contribution >= 4 is 23.2 Å². The number of nitrogens with two attached hydrogens (primary N) is 1. The molecule has 3 N–H and O–H groups in total. The highest BCUT2D eigenvalue weighted by Crippen LogP contribution is 2.30. The summed E-state index contributed by atoms with van der Waals surface area (Å²) in [5.41, 5.74) is 7.66. The predicted molar refractivity (Wildman–Crippen MR) is 113 cm³/mol. The Hall–Kier alpha value is -3.61. The van der Waals surface area contributed by atoms with Crippen LogP contribution in [0.15, 0.2) is 65.1 Å². The summed E-state index contributed by atoms with van der Waals surface area (Å²) in [7, 11) is 0. The number of anilines is 2. The van der Waals surface area contributed by atoms with Crippen molar-refractivity contribution in [1.82, 2.24) is 0 Å². The van der Waals surface area contributed by atoms with Crippen molar-refractivity contribution in [2.45, 2.75) is 12.8 Å². The van der Waals surface area contributed by atoms with Gasteiger partial charge in [-0.05, 0) is 61.4 Å². The van der Waals surface area contributed by atoms with Crippen LogP contribution in [0.2, 0.25) is 0 Å². The Morgan fingerprint density at radius 3 is 2.40 bits per heavy atom. The first-order chi connectivity index (χ1) is 14.5. The number of rotatable bonds is 5. The van der Waals surface area contributed by atoms with Gasteiger partial charge in [0, 0.05) is 24.6 Å². The molecule has 30 heavy (non-hydrogen) atoms. The molecule has 0 bridgehead atoms. The molecule has 0 saturated carbocycles. The van der Waals surface area contributed by atoms with Crippen molar-refractivity contribution in [3.63, 3.8) is 0 Å². The van der Waals surface area contributed by atoms with E-state index in [1.807, 2.05) is 24.3 Å². The number of hydrogen-bond donors (Lipinski definition) is 2. The van der Waals surface area contributed by atoms with E-state index in [0.717, 1.165) is 5.69 Å². The molecule has 2 aromatic carbocycles. The molecule has 1 aliphatic heterocycles. The van der Waals surface area contributed by atoms with E-state index in [0.29, 0.717) is 42.9 Å². The quantitative estimate of drug-likeness (QED) is 0.668. The monoisotopic (exact) mass is 407 g/mol. The maximum Gasteiger partial charge on any atom is 0.291 e. The molecule has 0 radical (unpaired) electrons. The fourth-order valence-corrected chi connectivity index (χ4v) is 3.67. The molecule has 3 aromatic rings. The lowest BCUT2D eigenvalue weighted by atomic mass is 9.96. The number of halogens is 1. The van der Waals surface area contributed by atoms with E-state index >= 15 is 0 Å². The molecule has 1 saturated heterocycles. The van der Waals surface area contributed by atoms with E-state index in [2.05, 4.69) is 10.2 Å². The van der Waals surface area contributed by atoms with E-state index in [1.165, 1.54) is 12.1 Å². The Morgan fingerprint density at radius 2 is 1.70 bits per heavy atom. The molecule has 154 valence electrons. The number of carbonyl (C=O) groups is 2. The Labute approximate surface area is 173 Å². The standard InChI is InChI=1S/C23H22FN3O3/c24-17-7-5-15(6-8-17)20-9-10-21(30-20)23(29)26-18-3-1-2-4-19(18)27-13-11-16(12-14-27)22(25)28/h1-10,16H,11-14H2,(H2,25,28)(H,26,29). The van der Waals surface area contributed by atoms with E-state index < -0.39 is 0 Å². The Morgan fingerprint density at radius 1 is 1.00 bits per heavy atom. The number of furan rings is 1. The van der Waals surface area contributed by atoms with Gasteiger partial charge in [-0.1, -0.05) is 12.1 Å². The molecular weight excluding hydrogens is 385 g/mol. The number of nitrogens with zero attached hydrogens (tertiary/aromatic N) is 1. The molecular formula is C23H22FN3O3. The zero-order chi connectivity index (χ0) is 21.1. The van der Waals surface area contributed by atoms with Gasteiger partial charge in [0.1, 0.15) is 11.6 Å². The normalized spacial score (nSPS) is 14.5. The van der Waals surface area contributed by atoms with Crippen molar-refractivity contribution in [2.75, 3.05) is 23.3 Å². The van der Waals surface area contributed by atoms with Gasteiger partial charge in [-0.15, -0.1) is 0 Å². The highest BCUT2D eigenvalue weighted by Gasteiger charge is 2.25. The van der Waals surface area contributed by atoms with Gasteiger partial charge in [-0.25, -0.2) is 4.39 Å². The summed E-state index contributed by atoms with van der Waals surface area (Å²) in [4.78, 5) is 26.3. The second-order valence-corrected chi connectivity index (χ2v) is 7.31. The predicted octanol–water partition coefficient (Wildman–Crippen LogP) is 4.04. The van der Waals surface area contributed by atoms with Crippen molar-refractivity contribution in [2.24, 2.45) is 11.7 Å². The second-order valence-electron chi connectivity index (χ2n) is 7.31. The highest BCUT2D eigenvalue weighted by molar-refractivity contribution is 6.04. The van der Waals surface area contributed by atoms with Gasteiger partial charge < -0.3 is 20.4 Å². The van der Waals surface area contributed by atoms with Crippen LogP contribution in [0.5, 0.6) is 0 Å². The zero-order valence-electron chi connectivity index (χ0n) is 16.3. The van der Waals surface area contributed by atoms with Crippen molar-refractivity contribution in [3.05, 3.63) is 72.2 Å². The van der Waals surface area contributed by atoms with Crippen LogP contribution >= 0.6 is 0 Å². The maximum atomic E-state index is 13.1. The minimum atomic E-state index is -0.372. The van der Waals surface area contributed by atoms with Crippen LogP contribution in [0.3, 0.4) is 0 Å². The molecule has 1 fully saturated rings. The van der Waals surface area contributed by atoms with Crippen molar-refractivity contribution in [1.29, 1.82) is 0 Å². The minimum Gasteiger partial charge on any atom is -0.451 e. The second kappa shape index (κ2) is 8.41. The van der Waals surface area contributed by atoms with Crippen molar-refractivity contribution < 1.29 is 18.4 Å². The molecule has 0 aliphatic carbocycles. The van der Waals surface area contributed by atoms with Crippen LogP contribution in [0.4, 0.5) is 15.8 Å². The average molecular weight is 407 g/mol. The molecule has 1 aliphatic rings. The van der Waals surface area contributed by atoms with E-state index in [-0.39, 0.29) is 29.3 Å². The summed E-state index contributed by atoms with van der Waals surface area (Å²) in [6.45, 7) is 1.38. The van der Waals surface area contributed by atoms with Gasteiger partial charge in [-0.2, -0.15) is 0 Å². The van der Waals surface area contributed by atoms with E-state index in [1.54, 1.807) is 24.3 Å². The molecule has 1 aromatic heterocycles. The largest absolute Gasteiger partial charge is 0.451 e. The Balaban J connectivity index is 1.48. The summed E-state index contributed by atoms with van der Waals surface area (Å²) in [6.07, 6.45) is 1.38. The van der Waals surface area contributed by atoms with Gasteiger partial charge in [0.2, 0.25) is 5.91 Å². The van der Waals surface area contributed by atoms with E-state index in [9.17, 15) is 14.0 Å². The first-order valence-corrected chi connectivity index (χ1v) is 9.81. The summed E-state index contributed by atoms with van der Waals surface area (Å²) in [5.74, 6) is -0.414. The van der Waals surface area contributed by atoms with Gasteiger partial charge in [0.25, 0.3) is 5.91 Å². The minimum absolute atomic E-state index is 0.101. The number of para-hydroxylation sites is 2. The van der Waals surface area contributed by atoms with Crippen LogP contribution in [-0.2, 0) is 4.79 Å². The zero-order valence-corrected chi connectivity index (χ0v) is 16.3. The van der Waals surface area contributed by atoms with Gasteiger partial charge in [0.15, 0.2) is 5.76 Å². The first kappa shape index (κ1) is 19.7. The third-order valence-corrected chi connectivity index (χ3v) is 5.35. The lowest BCUT2D eigenvalue weighted by Crippen LogP contribution is -2.38. The molecule has 0 unspecified atom stereocenters. The molecule has 0 atom stereocenters. The van der Waals surface area contributed by atoms with Crippen molar-refractivity contribution in [3.8, 4) is 11.3 Å². The molecule has 6 nitrogen and oxygen atoms in total. The van der Waals surface area contributed by atoms with Crippen LogP contribution in [0.25, 0.3) is 11.3 Å². The topological polar surface area (TPSA) is 88.6 Å². The maximum absolute atomic E-state index is 13.1. The van der Waals surface area contributed by atoms with Crippen LogP contribution in [0.1, 0.15) is 23.4 Å². The molecule has 0 spiro atoms. The molecule has 2 amide bonds. The molecule has 4 rings (SSSR count). The highest BCUT2D eigenvalue weighted by atomic mass is 19.1. The summed E-state index contributed by atoms with van der Waals surface area (Å²) in [5, 5.41) is 2.91. The van der Waals surface area contributed by atoms with Crippen LogP contribution < -0.4 is 16.0 Å². The number of amides is 2. The fraction of sp³-hybridized carbons (Fsp3) is 0.217. The summed E-state index contributed by atoms with van der Waals surface area (Å²) < 4.78 is 18.8. The van der Waals surface area contributed by atoms with Crippen LogP contribution in [-0.4, -0.2) is 24.9 Å². The van der Waals surface area contributed by atoms with E-state index in [4.69, 9.17) is 10.2 Å². The number of primary amides is 1. The third kappa shape index (κ3) is 4.20. The first-order valence-electron chi connectivity index (χ1n) is 9.81. The Bertz CT molecular complexity index is 1050.